The predicted octanol–water partition coefficient (Wildman–Crippen LogP) is 3.42. The van der Waals surface area contributed by atoms with Crippen LogP contribution in [-0.2, 0) is 4.79 Å². The van der Waals surface area contributed by atoms with Crippen molar-refractivity contribution in [1.82, 2.24) is 24.5 Å². The molecule has 1 aromatic rings. The number of fused-ring (bicyclic) bond motifs is 1. The molecule has 4 aliphatic rings. The molecule has 172 valence electrons. The molecule has 4 fully saturated rings. The Morgan fingerprint density at radius 2 is 1.88 bits per heavy atom. The van der Waals surface area contributed by atoms with Crippen LogP contribution in [0.3, 0.4) is 0 Å². The molecule has 2 atom stereocenters. The second kappa shape index (κ2) is 7.94. The van der Waals surface area contributed by atoms with E-state index in [2.05, 4.69) is 18.6 Å². The number of aromatic nitrogens is 2. The quantitative estimate of drug-likeness (QED) is 0.656. The molecule has 1 saturated heterocycles. The Morgan fingerprint density at radius 3 is 2.47 bits per heavy atom. The van der Waals surface area contributed by atoms with Gasteiger partial charge in [-0.1, -0.05) is 23.8 Å². The standard InChI is InChI=1S/C24H32ClN5O2/c1-14(16-5-6-16)9-20-22(25)23(26-30(20)15(2)27(3)4)24(32)28-7-8-29(21(31)13-28)19-11-17-10-18(17)12-19/h9,16-19H,2,5-8,10-13H2,1,3-4H3. The van der Waals surface area contributed by atoms with Crippen molar-refractivity contribution in [2.75, 3.05) is 33.7 Å². The summed E-state index contributed by atoms with van der Waals surface area (Å²) in [5, 5.41) is 4.88. The molecule has 7 nitrogen and oxygen atoms in total. The molecule has 32 heavy (non-hydrogen) atoms. The highest BCUT2D eigenvalue weighted by Gasteiger charge is 2.49. The fourth-order valence-electron chi connectivity index (χ4n) is 5.26. The molecule has 0 bridgehead atoms. The van der Waals surface area contributed by atoms with Gasteiger partial charge in [0.15, 0.2) is 5.69 Å². The van der Waals surface area contributed by atoms with Gasteiger partial charge in [0.2, 0.25) is 5.91 Å². The zero-order valence-corrected chi connectivity index (χ0v) is 19.9. The zero-order chi connectivity index (χ0) is 22.7. The lowest BCUT2D eigenvalue weighted by Crippen LogP contribution is -2.55. The normalized spacial score (nSPS) is 27.6. The summed E-state index contributed by atoms with van der Waals surface area (Å²) >= 11 is 6.72. The maximum absolute atomic E-state index is 13.4. The minimum atomic E-state index is -0.290. The van der Waals surface area contributed by atoms with Gasteiger partial charge in [-0.05, 0) is 62.9 Å². The molecule has 1 aliphatic heterocycles. The van der Waals surface area contributed by atoms with Crippen molar-refractivity contribution >= 4 is 35.3 Å². The predicted molar refractivity (Wildman–Crippen MR) is 125 cm³/mol. The second-order valence-electron chi connectivity index (χ2n) is 10.1. The minimum Gasteiger partial charge on any atom is -0.363 e. The first-order chi connectivity index (χ1) is 15.2. The number of hydrogen-bond acceptors (Lipinski definition) is 4. The van der Waals surface area contributed by atoms with E-state index in [1.54, 1.807) is 9.58 Å². The van der Waals surface area contributed by atoms with Crippen molar-refractivity contribution in [2.45, 2.75) is 45.1 Å². The van der Waals surface area contributed by atoms with Crippen LogP contribution in [0.25, 0.3) is 11.9 Å². The van der Waals surface area contributed by atoms with Gasteiger partial charge in [-0.3, -0.25) is 9.59 Å². The molecule has 3 aliphatic carbocycles. The van der Waals surface area contributed by atoms with E-state index in [1.165, 1.54) is 24.8 Å². The van der Waals surface area contributed by atoms with Gasteiger partial charge in [-0.15, -0.1) is 0 Å². The molecule has 0 aromatic carbocycles. The molecule has 8 heteroatoms. The Labute approximate surface area is 194 Å². The molecule has 2 heterocycles. The van der Waals surface area contributed by atoms with Crippen LogP contribution in [0.5, 0.6) is 0 Å². The summed E-state index contributed by atoms with van der Waals surface area (Å²) < 4.78 is 1.64. The highest BCUT2D eigenvalue weighted by molar-refractivity contribution is 6.35. The van der Waals surface area contributed by atoms with Crippen molar-refractivity contribution in [1.29, 1.82) is 0 Å². The maximum atomic E-state index is 13.4. The lowest BCUT2D eigenvalue weighted by atomic mass is 10.1. The number of halogens is 1. The highest BCUT2D eigenvalue weighted by Crippen LogP contribution is 2.53. The first-order valence-electron chi connectivity index (χ1n) is 11.7. The maximum Gasteiger partial charge on any atom is 0.276 e. The highest BCUT2D eigenvalue weighted by atomic mass is 35.5. The van der Waals surface area contributed by atoms with Crippen molar-refractivity contribution in [3.8, 4) is 0 Å². The van der Waals surface area contributed by atoms with E-state index < -0.39 is 0 Å². The molecular weight excluding hydrogens is 426 g/mol. The molecule has 2 unspecified atom stereocenters. The third-order valence-electron chi connectivity index (χ3n) is 7.61. The van der Waals surface area contributed by atoms with Crippen molar-refractivity contribution in [2.24, 2.45) is 17.8 Å². The molecule has 1 aromatic heterocycles. The average Bonchev–Trinajstić information content (AvgIpc) is 3.68. The summed E-state index contributed by atoms with van der Waals surface area (Å²) in [4.78, 5) is 31.7. The van der Waals surface area contributed by atoms with Gasteiger partial charge >= 0.3 is 0 Å². The SMILES string of the molecule is C=C(N(C)C)n1nc(C(=O)N2CCN(C3CC4CC4C3)C(=O)C2)c(Cl)c1C=C(C)C1CC1. The van der Waals surface area contributed by atoms with Crippen LogP contribution >= 0.6 is 11.6 Å². The van der Waals surface area contributed by atoms with Crippen LogP contribution in [0.15, 0.2) is 12.2 Å². The Morgan fingerprint density at radius 1 is 1.19 bits per heavy atom. The number of rotatable bonds is 6. The van der Waals surface area contributed by atoms with E-state index in [1.807, 2.05) is 30.0 Å². The number of carbonyl (C=O) groups is 2. The number of carbonyl (C=O) groups excluding carboxylic acids is 2. The van der Waals surface area contributed by atoms with E-state index in [0.717, 1.165) is 24.7 Å². The summed E-state index contributed by atoms with van der Waals surface area (Å²) in [5.74, 6) is 2.60. The Hall–Kier alpha value is -2.28. The number of allylic oxidation sites excluding steroid dienone is 1. The smallest absolute Gasteiger partial charge is 0.276 e. The van der Waals surface area contributed by atoms with Crippen LogP contribution in [-0.4, -0.2) is 76.1 Å². The average molecular weight is 458 g/mol. The van der Waals surface area contributed by atoms with E-state index in [-0.39, 0.29) is 24.1 Å². The van der Waals surface area contributed by atoms with Crippen LogP contribution in [0.4, 0.5) is 0 Å². The van der Waals surface area contributed by atoms with E-state index in [9.17, 15) is 9.59 Å². The lowest BCUT2D eigenvalue weighted by Gasteiger charge is -2.38. The third kappa shape index (κ3) is 3.85. The molecule has 0 radical (unpaired) electrons. The van der Waals surface area contributed by atoms with Crippen molar-refractivity contribution < 1.29 is 9.59 Å². The van der Waals surface area contributed by atoms with Crippen LogP contribution in [0.2, 0.25) is 5.02 Å². The van der Waals surface area contributed by atoms with E-state index in [4.69, 9.17) is 11.6 Å². The molecule has 3 saturated carbocycles. The van der Waals surface area contributed by atoms with Crippen LogP contribution in [0.1, 0.15) is 55.2 Å². The molecular formula is C24H32ClN5O2. The summed E-state index contributed by atoms with van der Waals surface area (Å²) in [6.07, 6.45) is 7.98. The Kier molecular flexibility index (Phi) is 5.35. The van der Waals surface area contributed by atoms with Crippen molar-refractivity contribution in [3.63, 3.8) is 0 Å². The summed E-state index contributed by atoms with van der Waals surface area (Å²) in [7, 11) is 3.76. The third-order valence-corrected chi connectivity index (χ3v) is 7.99. The van der Waals surface area contributed by atoms with Gasteiger partial charge in [0, 0.05) is 33.2 Å². The topological polar surface area (TPSA) is 61.7 Å². The summed E-state index contributed by atoms with van der Waals surface area (Å²) in [5.41, 5.74) is 2.10. The largest absolute Gasteiger partial charge is 0.363 e. The molecule has 5 rings (SSSR count). The van der Waals surface area contributed by atoms with Gasteiger partial charge in [-0.25, -0.2) is 4.68 Å². The Bertz CT molecular complexity index is 998. The van der Waals surface area contributed by atoms with Gasteiger partial charge in [0.1, 0.15) is 12.4 Å². The fraction of sp³-hybridized carbons (Fsp3) is 0.625. The van der Waals surface area contributed by atoms with Gasteiger partial charge in [-0.2, -0.15) is 5.10 Å². The first-order valence-corrected chi connectivity index (χ1v) is 12.0. The zero-order valence-electron chi connectivity index (χ0n) is 19.2. The van der Waals surface area contributed by atoms with Crippen molar-refractivity contribution in [3.05, 3.63) is 28.6 Å². The number of hydrogen-bond donors (Lipinski definition) is 0. The molecule has 0 N–H and O–H groups in total. The number of piperazine rings is 1. The first kappa shape index (κ1) is 21.6. The fourth-order valence-corrected chi connectivity index (χ4v) is 5.52. The van der Waals surface area contributed by atoms with Gasteiger partial charge in [0.25, 0.3) is 5.91 Å². The van der Waals surface area contributed by atoms with Gasteiger partial charge in [0.05, 0.1) is 10.7 Å². The summed E-state index contributed by atoms with van der Waals surface area (Å²) in [6, 6.07) is 0.358. The summed E-state index contributed by atoms with van der Waals surface area (Å²) in [6.45, 7) is 7.40. The van der Waals surface area contributed by atoms with E-state index >= 15 is 0 Å². The van der Waals surface area contributed by atoms with Gasteiger partial charge < -0.3 is 14.7 Å². The lowest BCUT2D eigenvalue weighted by molar-refractivity contribution is -0.137. The van der Waals surface area contributed by atoms with Crippen LogP contribution in [0, 0.1) is 17.8 Å². The molecule has 2 amide bonds. The van der Waals surface area contributed by atoms with E-state index in [0.29, 0.717) is 41.6 Å². The monoisotopic (exact) mass is 457 g/mol. The molecule has 0 spiro atoms. The van der Waals surface area contributed by atoms with Crippen LogP contribution < -0.4 is 0 Å². The number of nitrogens with zero attached hydrogens (tertiary/aromatic N) is 5. The Balaban J connectivity index is 1.36. The number of amides is 2. The minimum absolute atomic E-state index is 0.0360. The second-order valence-corrected chi connectivity index (χ2v) is 10.5.